The van der Waals surface area contributed by atoms with Crippen LogP contribution in [0.25, 0.3) is 0 Å². The van der Waals surface area contributed by atoms with Gasteiger partial charge in [-0.05, 0) is 19.9 Å². The summed E-state index contributed by atoms with van der Waals surface area (Å²) in [5.74, 6) is -0.450. The molecule has 0 radical (unpaired) electrons. The highest BCUT2D eigenvalue weighted by Crippen LogP contribution is 2.19. The second-order valence-electron chi connectivity index (χ2n) is 4.20. The minimum absolute atomic E-state index is 0.0831. The van der Waals surface area contributed by atoms with Crippen molar-refractivity contribution in [3.8, 4) is 0 Å². The number of ether oxygens (including phenoxy) is 1. The molecule has 0 atom stereocenters. The summed E-state index contributed by atoms with van der Waals surface area (Å²) in [6.45, 7) is 4.47. The average Bonchev–Trinajstić information content (AvgIpc) is 2.34. The lowest BCUT2D eigenvalue weighted by molar-refractivity contribution is -0.384. The van der Waals surface area contributed by atoms with Gasteiger partial charge in [-0.15, -0.1) is 0 Å². The first kappa shape index (κ1) is 14.9. The molecule has 1 rings (SSSR count). The van der Waals surface area contributed by atoms with Crippen LogP contribution < -0.4 is 11.1 Å². The topological polar surface area (TPSA) is 107 Å². The lowest BCUT2D eigenvalue weighted by Crippen LogP contribution is -2.28. The zero-order chi connectivity index (χ0) is 14.4. The van der Waals surface area contributed by atoms with Crippen molar-refractivity contribution < 1.29 is 14.5 Å². The third-order valence-corrected chi connectivity index (χ3v) is 2.33. The Balaban J connectivity index is 2.66. The van der Waals surface area contributed by atoms with Gasteiger partial charge in [0.1, 0.15) is 0 Å². The molecule has 0 saturated heterocycles. The Kier molecular flexibility index (Phi) is 5.25. The third-order valence-electron chi connectivity index (χ3n) is 2.33. The summed E-state index contributed by atoms with van der Waals surface area (Å²) in [6, 6.07) is 3.76. The van der Waals surface area contributed by atoms with E-state index in [4.69, 9.17) is 10.5 Å². The van der Waals surface area contributed by atoms with Crippen LogP contribution in [0.5, 0.6) is 0 Å². The zero-order valence-corrected chi connectivity index (χ0v) is 10.9. The number of hydrogen-bond donors (Lipinski definition) is 2. The first-order chi connectivity index (χ1) is 8.91. The number of anilines is 1. The van der Waals surface area contributed by atoms with Gasteiger partial charge in [0.05, 0.1) is 23.2 Å². The third kappa shape index (κ3) is 4.55. The molecule has 7 nitrogen and oxygen atoms in total. The maximum atomic E-state index is 11.8. The molecule has 0 aliphatic heterocycles. The van der Waals surface area contributed by atoms with E-state index in [9.17, 15) is 14.9 Å². The molecular weight excluding hydrogens is 250 g/mol. The Morgan fingerprint density at radius 2 is 2.21 bits per heavy atom. The second-order valence-corrected chi connectivity index (χ2v) is 4.20. The number of nitrogens with one attached hydrogen (secondary N) is 1. The van der Waals surface area contributed by atoms with Crippen molar-refractivity contribution in [3.05, 3.63) is 33.9 Å². The number of nitrogens with zero attached hydrogens (tertiary/aromatic N) is 1. The summed E-state index contributed by atoms with van der Waals surface area (Å²) >= 11 is 0. The number of benzene rings is 1. The lowest BCUT2D eigenvalue weighted by atomic mass is 10.1. The van der Waals surface area contributed by atoms with E-state index in [1.807, 2.05) is 13.8 Å². The Bertz CT molecular complexity index is 474. The normalized spacial score (nSPS) is 10.5. The first-order valence-corrected chi connectivity index (χ1v) is 5.85. The summed E-state index contributed by atoms with van der Waals surface area (Å²) in [6.07, 6.45) is 0.0831. The smallest absolute Gasteiger partial charge is 0.270 e. The molecule has 0 bridgehead atoms. The predicted octanol–water partition coefficient (Wildman–Crippen LogP) is 1.33. The number of carbonyl (C=O) groups excluding carboxylic acids is 1. The highest BCUT2D eigenvalue weighted by molar-refractivity contribution is 5.99. The van der Waals surface area contributed by atoms with Crippen molar-refractivity contribution in [3.63, 3.8) is 0 Å². The number of non-ortho nitro benzene ring substituents is 1. The molecule has 1 amide bonds. The van der Waals surface area contributed by atoms with Crippen molar-refractivity contribution in [1.82, 2.24) is 5.32 Å². The van der Waals surface area contributed by atoms with E-state index >= 15 is 0 Å². The molecule has 0 unspecified atom stereocenters. The Morgan fingerprint density at radius 3 is 2.79 bits per heavy atom. The summed E-state index contributed by atoms with van der Waals surface area (Å²) in [7, 11) is 0. The van der Waals surface area contributed by atoms with Gasteiger partial charge < -0.3 is 15.8 Å². The molecule has 7 heteroatoms. The number of amides is 1. The van der Waals surface area contributed by atoms with Gasteiger partial charge in [0.2, 0.25) is 0 Å². The van der Waals surface area contributed by atoms with E-state index in [0.29, 0.717) is 13.2 Å². The number of carbonyl (C=O) groups is 1. The van der Waals surface area contributed by atoms with Crippen LogP contribution in [0.4, 0.5) is 11.4 Å². The van der Waals surface area contributed by atoms with Crippen LogP contribution in [0.2, 0.25) is 0 Å². The van der Waals surface area contributed by atoms with Crippen LogP contribution in [0.3, 0.4) is 0 Å². The van der Waals surface area contributed by atoms with E-state index in [1.54, 1.807) is 0 Å². The second kappa shape index (κ2) is 6.69. The number of hydrogen-bond acceptors (Lipinski definition) is 5. The van der Waals surface area contributed by atoms with Crippen molar-refractivity contribution in [2.24, 2.45) is 0 Å². The summed E-state index contributed by atoms with van der Waals surface area (Å²) in [4.78, 5) is 21.9. The van der Waals surface area contributed by atoms with Crippen molar-refractivity contribution >= 4 is 17.3 Å². The SMILES string of the molecule is CC(C)OCCNC(=O)c1cc([N+](=O)[O-])ccc1N. The number of nitrogens with two attached hydrogens (primary N) is 1. The van der Waals surface area contributed by atoms with Crippen LogP contribution in [-0.4, -0.2) is 30.1 Å². The number of nitrogen functional groups attached to an aromatic ring is 1. The van der Waals surface area contributed by atoms with Crippen LogP contribution in [0.15, 0.2) is 18.2 Å². The van der Waals surface area contributed by atoms with Gasteiger partial charge in [0.25, 0.3) is 11.6 Å². The van der Waals surface area contributed by atoms with E-state index in [0.717, 1.165) is 6.07 Å². The number of nitro groups is 1. The van der Waals surface area contributed by atoms with E-state index in [-0.39, 0.29) is 23.0 Å². The van der Waals surface area contributed by atoms with E-state index < -0.39 is 10.8 Å². The molecule has 3 N–H and O–H groups in total. The number of nitro benzene ring substituents is 1. The zero-order valence-electron chi connectivity index (χ0n) is 10.9. The minimum atomic E-state index is -0.571. The molecule has 0 fully saturated rings. The molecule has 0 aliphatic carbocycles. The molecule has 104 valence electrons. The fourth-order valence-corrected chi connectivity index (χ4v) is 1.41. The van der Waals surface area contributed by atoms with E-state index in [2.05, 4.69) is 5.32 Å². The molecule has 0 heterocycles. The minimum Gasteiger partial charge on any atom is -0.398 e. The standard InChI is InChI=1S/C12H17N3O4/c1-8(2)19-6-5-14-12(16)10-7-9(15(17)18)3-4-11(10)13/h3-4,7-8H,5-6,13H2,1-2H3,(H,14,16). The Labute approximate surface area is 110 Å². The monoisotopic (exact) mass is 267 g/mol. The van der Waals surface area contributed by atoms with Crippen LogP contribution in [0, 0.1) is 10.1 Å². The van der Waals surface area contributed by atoms with Crippen molar-refractivity contribution in [1.29, 1.82) is 0 Å². The van der Waals surface area contributed by atoms with Crippen molar-refractivity contribution in [2.75, 3.05) is 18.9 Å². The summed E-state index contributed by atoms with van der Waals surface area (Å²) in [5.41, 5.74) is 5.76. The van der Waals surface area contributed by atoms with Crippen LogP contribution in [0.1, 0.15) is 24.2 Å². The van der Waals surface area contributed by atoms with Gasteiger partial charge in [-0.2, -0.15) is 0 Å². The molecular formula is C12H17N3O4. The maximum Gasteiger partial charge on any atom is 0.270 e. The molecule has 0 aromatic heterocycles. The summed E-state index contributed by atoms with van der Waals surface area (Å²) < 4.78 is 5.27. The fraction of sp³-hybridized carbons (Fsp3) is 0.417. The maximum absolute atomic E-state index is 11.8. The molecule has 0 saturated carbocycles. The van der Waals surface area contributed by atoms with Crippen LogP contribution in [-0.2, 0) is 4.74 Å². The lowest BCUT2D eigenvalue weighted by Gasteiger charge is -2.09. The molecule has 19 heavy (non-hydrogen) atoms. The van der Waals surface area contributed by atoms with Gasteiger partial charge in [0, 0.05) is 24.4 Å². The average molecular weight is 267 g/mol. The largest absolute Gasteiger partial charge is 0.398 e. The van der Waals surface area contributed by atoms with Gasteiger partial charge in [0.15, 0.2) is 0 Å². The Morgan fingerprint density at radius 1 is 1.53 bits per heavy atom. The molecule has 1 aromatic carbocycles. The van der Waals surface area contributed by atoms with Crippen LogP contribution >= 0.6 is 0 Å². The molecule has 1 aromatic rings. The first-order valence-electron chi connectivity index (χ1n) is 5.85. The summed E-state index contributed by atoms with van der Waals surface area (Å²) in [5, 5.41) is 13.2. The van der Waals surface area contributed by atoms with Gasteiger partial charge in [-0.1, -0.05) is 0 Å². The Hall–Kier alpha value is -2.15. The highest BCUT2D eigenvalue weighted by Gasteiger charge is 2.14. The van der Waals surface area contributed by atoms with Gasteiger partial charge in [-0.3, -0.25) is 14.9 Å². The predicted molar refractivity (Wildman–Crippen MR) is 70.9 cm³/mol. The van der Waals surface area contributed by atoms with Gasteiger partial charge in [-0.25, -0.2) is 0 Å². The molecule has 0 aliphatic rings. The quantitative estimate of drug-likeness (QED) is 0.350. The van der Waals surface area contributed by atoms with E-state index in [1.165, 1.54) is 12.1 Å². The number of rotatable bonds is 6. The van der Waals surface area contributed by atoms with Crippen molar-refractivity contribution in [2.45, 2.75) is 20.0 Å². The van der Waals surface area contributed by atoms with Gasteiger partial charge >= 0.3 is 0 Å². The fourth-order valence-electron chi connectivity index (χ4n) is 1.41. The highest BCUT2D eigenvalue weighted by atomic mass is 16.6. The molecule has 0 spiro atoms.